The van der Waals surface area contributed by atoms with Gasteiger partial charge in [0.05, 0.1) is 5.69 Å². The highest BCUT2D eigenvalue weighted by Crippen LogP contribution is 2.20. The topological polar surface area (TPSA) is 111 Å². The molecule has 3 N–H and O–H groups in total. The molecule has 0 fully saturated rings. The molecule has 3 rings (SSSR count). The summed E-state index contributed by atoms with van der Waals surface area (Å²) in [5, 5.41) is 12.2. The molecule has 154 valence electrons. The van der Waals surface area contributed by atoms with E-state index in [0.717, 1.165) is 11.1 Å². The van der Waals surface area contributed by atoms with Gasteiger partial charge in [-0.25, -0.2) is 4.39 Å². The van der Waals surface area contributed by atoms with Crippen molar-refractivity contribution in [2.24, 2.45) is 10.9 Å². The van der Waals surface area contributed by atoms with Crippen molar-refractivity contribution in [3.8, 4) is 5.69 Å². The van der Waals surface area contributed by atoms with E-state index in [-0.39, 0.29) is 18.0 Å². The maximum Gasteiger partial charge on any atom is 0.248 e. The molecule has 0 bridgehead atoms. The van der Waals surface area contributed by atoms with E-state index < -0.39 is 0 Å². The standard InChI is InChI=1S/C21H21FN6O2/c1-13(17-7-5-15(22)10-14(17)2)4-8-18(25-23)21-27-26-19(12-30-3)28(21)16-6-9-20(29)24-11-16/h4-11H,1,12,23H2,2-3H3,(H,24,29)/b8-4-,25-18+. The van der Waals surface area contributed by atoms with Gasteiger partial charge in [0.15, 0.2) is 11.6 Å². The Bertz CT molecular complexity index is 1170. The van der Waals surface area contributed by atoms with Crippen molar-refractivity contribution in [1.82, 2.24) is 19.7 Å². The lowest BCUT2D eigenvalue weighted by Gasteiger charge is -2.10. The van der Waals surface area contributed by atoms with Crippen molar-refractivity contribution in [3.63, 3.8) is 0 Å². The van der Waals surface area contributed by atoms with Crippen molar-refractivity contribution in [1.29, 1.82) is 0 Å². The summed E-state index contributed by atoms with van der Waals surface area (Å²) in [6.45, 7) is 6.03. The number of aromatic nitrogens is 4. The lowest BCUT2D eigenvalue weighted by Crippen LogP contribution is -2.14. The Morgan fingerprint density at radius 1 is 1.33 bits per heavy atom. The van der Waals surface area contributed by atoms with Crippen LogP contribution in [-0.4, -0.2) is 32.6 Å². The number of aryl methyl sites for hydroxylation is 1. The third-order valence-electron chi connectivity index (χ3n) is 4.37. The summed E-state index contributed by atoms with van der Waals surface area (Å²) in [4.78, 5) is 14.0. The van der Waals surface area contributed by atoms with Crippen LogP contribution in [0.1, 0.15) is 22.8 Å². The SMILES string of the molecule is C=C(/C=C\C(=N/N)c1nnc(COC)n1-c1ccc(=O)[nH]c1)c1ccc(F)cc1C. The molecule has 0 atom stereocenters. The smallest absolute Gasteiger partial charge is 0.248 e. The fourth-order valence-corrected chi connectivity index (χ4v) is 2.95. The lowest BCUT2D eigenvalue weighted by atomic mass is 10.0. The third kappa shape index (κ3) is 4.41. The van der Waals surface area contributed by atoms with Crippen LogP contribution < -0.4 is 11.4 Å². The van der Waals surface area contributed by atoms with Crippen molar-refractivity contribution < 1.29 is 9.13 Å². The van der Waals surface area contributed by atoms with Gasteiger partial charge in [0.2, 0.25) is 5.56 Å². The second-order valence-electron chi connectivity index (χ2n) is 6.45. The minimum atomic E-state index is -0.308. The molecular weight excluding hydrogens is 387 g/mol. The van der Waals surface area contributed by atoms with Gasteiger partial charge in [-0.2, -0.15) is 5.10 Å². The van der Waals surface area contributed by atoms with Gasteiger partial charge in [-0.15, -0.1) is 10.2 Å². The normalized spacial score (nSPS) is 11.9. The number of hydrogen-bond acceptors (Lipinski definition) is 6. The summed E-state index contributed by atoms with van der Waals surface area (Å²) in [6.07, 6.45) is 4.90. The number of hydrogen-bond donors (Lipinski definition) is 2. The summed E-state index contributed by atoms with van der Waals surface area (Å²) >= 11 is 0. The van der Waals surface area contributed by atoms with E-state index in [4.69, 9.17) is 10.6 Å². The van der Waals surface area contributed by atoms with Crippen LogP contribution in [-0.2, 0) is 11.3 Å². The van der Waals surface area contributed by atoms with E-state index >= 15 is 0 Å². The number of nitrogens with one attached hydrogen (secondary N) is 1. The molecule has 0 radical (unpaired) electrons. The lowest BCUT2D eigenvalue weighted by molar-refractivity contribution is 0.176. The Morgan fingerprint density at radius 3 is 2.77 bits per heavy atom. The number of halogens is 1. The molecule has 0 aliphatic carbocycles. The number of benzene rings is 1. The second kappa shape index (κ2) is 9.10. The van der Waals surface area contributed by atoms with Crippen LogP contribution in [0, 0.1) is 12.7 Å². The second-order valence-corrected chi connectivity index (χ2v) is 6.45. The molecule has 0 aliphatic rings. The number of hydrazone groups is 1. The molecule has 0 saturated carbocycles. The van der Waals surface area contributed by atoms with Crippen molar-refractivity contribution >= 4 is 11.3 Å². The summed E-state index contributed by atoms with van der Waals surface area (Å²) in [5.74, 6) is 6.17. The van der Waals surface area contributed by atoms with Gasteiger partial charge in [-0.1, -0.05) is 18.7 Å². The zero-order valence-electron chi connectivity index (χ0n) is 16.6. The quantitative estimate of drug-likeness (QED) is 0.270. The van der Waals surface area contributed by atoms with E-state index in [2.05, 4.69) is 26.9 Å². The van der Waals surface area contributed by atoms with Crippen LogP contribution in [0.25, 0.3) is 11.3 Å². The third-order valence-corrected chi connectivity index (χ3v) is 4.37. The molecule has 30 heavy (non-hydrogen) atoms. The van der Waals surface area contributed by atoms with Crippen molar-refractivity contribution in [3.05, 3.63) is 94.2 Å². The first-order valence-corrected chi connectivity index (χ1v) is 8.98. The number of allylic oxidation sites excluding steroid dienone is 3. The molecule has 2 aromatic heterocycles. The van der Waals surface area contributed by atoms with Crippen molar-refractivity contribution in [2.75, 3.05) is 7.11 Å². The molecule has 0 amide bonds. The number of ether oxygens (including phenoxy) is 1. The molecule has 0 spiro atoms. The molecule has 3 aromatic rings. The Balaban J connectivity index is 1.99. The van der Waals surface area contributed by atoms with Crippen LogP contribution >= 0.6 is 0 Å². The Hall–Kier alpha value is -3.85. The molecule has 2 heterocycles. The summed E-state index contributed by atoms with van der Waals surface area (Å²) in [7, 11) is 1.54. The fourth-order valence-electron chi connectivity index (χ4n) is 2.95. The minimum Gasteiger partial charge on any atom is -0.377 e. The predicted octanol–water partition coefficient (Wildman–Crippen LogP) is 2.48. The average Bonchev–Trinajstić information content (AvgIpc) is 3.13. The van der Waals surface area contributed by atoms with Gasteiger partial charge in [0.25, 0.3) is 0 Å². The van der Waals surface area contributed by atoms with E-state index in [0.29, 0.717) is 28.6 Å². The van der Waals surface area contributed by atoms with Gasteiger partial charge < -0.3 is 15.6 Å². The summed E-state index contributed by atoms with van der Waals surface area (Å²) in [6, 6.07) is 7.50. The van der Waals surface area contributed by atoms with Crippen LogP contribution in [0.4, 0.5) is 4.39 Å². The maximum atomic E-state index is 13.4. The summed E-state index contributed by atoms with van der Waals surface area (Å²) in [5.41, 5.74) is 2.92. The number of nitrogens with two attached hydrogens (primary N) is 1. The van der Waals surface area contributed by atoms with E-state index in [1.54, 1.807) is 42.9 Å². The minimum absolute atomic E-state index is 0.190. The van der Waals surface area contributed by atoms with Crippen LogP contribution in [0.5, 0.6) is 0 Å². The molecular formula is C21H21FN6O2. The highest BCUT2D eigenvalue weighted by atomic mass is 19.1. The number of pyridine rings is 1. The highest BCUT2D eigenvalue weighted by Gasteiger charge is 2.17. The largest absolute Gasteiger partial charge is 0.377 e. The molecule has 1 aromatic carbocycles. The van der Waals surface area contributed by atoms with Gasteiger partial charge in [0.1, 0.15) is 18.1 Å². The Labute approximate surface area is 172 Å². The number of methoxy groups -OCH3 is 1. The highest BCUT2D eigenvalue weighted by molar-refractivity contribution is 6.07. The molecule has 0 unspecified atom stereocenters. The van der Waals surface area contributed by atoms with Gasteiger partial charge in [-0.3, -0.25) is 9.36 Å². The number of nitrogens with zero attached hydrogens (tertiary/aromatic N) is 4. The number of H-pyrrole nitrogens is 1. The van der Waals surface area contributed by atoms with E-state index in [1.165, 1.54) is 24.4 Å². The monoisotopic (exact) mass is 408 g/mol. The first-order valence-electron chi connectivity index (χ1n) is 8.98. The van der Waals surface area contributed by atoms with E-state index in [1.807, 2.05) is 0 Å². The fraction of sp³-hybridized carbons (Fsp3) is 0.143. The number of rotatable bonds is 7. The zero-order chi connectivity index (χ0) is 21.7. The Morgan fingerprint density at radius 2 is 2.13 bits per heavy atom. The average molecular weight is 408 g/mol. The summed E-state index contributed by atoms with van der Waals surface area (Å²) < 4.78 is 20.2. The first kappa shape index (κ1) is 20.9. The number of aromatic amines is 1. The van der Waals surface area contributed by atoms with Gasteiger partial charge in [-0.05, 0) is 47.9 Å². The molecule has 8 nitrogen and oxygen atoms in total. The van der Waals surface area contributed by atoms with Gasteiger partial charge in [0, 0.05) is 19.4 Å². The van der Waals surface area contributed by atoms with E-state index in [9.17, 15) is 9.18 Å². The van der Waals surface area contributed by atoms with Gasteiger partial charge >= 0.3 is 0 Å². The molecule has 0 aliphatic heterocycles. The van der Waals surface area contributed by atoms with Crippen LogP contribution in [0.2, 0.25) is 0 Å². The van der Waals surface area contributed by atoms with Crippen LogP contribution in [0.3, 0.4) is 0 Å². The predicted molar refractivity (Wildman–Crippen MR) is 113 cm³/mol. The maximum absolute atomic E-state index is 13.4. The zero-order valence-corrected chi connectivity index (χ0v) is 16.6. The molecule has 0 saturated heterocycles. The first-order chi connectivity index (χ1) is 14.4. The van der Waals surface area contributed by atoms with Crippen molar-refractivity contribution in [2.45, 2.75) is 13.5 Å². The molecule has 9 heteroatoms. The van der Waals surface area contributed by atoms with Crippen LogP contribution in [0.15, 0.2) is 65.2 Å². The Kier molecular flexibility index (Phi) is 6.33.